The number of hydrogen-bond acceptors (Lipinski definition) is 7. The van der Waals surface area contributed by atoms with Gasteiger partial charge in [0.25, 0.3) is 0 Å². The summed E-state index contributed by atoms with van der Waals surface area (Å²) in [6.45, 7) is 3.71. The van der Waals surface area contributed by atoms with Crippen LogP contribution in [-0.2, 0) is 13.6 Å². The molecule has 0 spiro atoms. The number of nitrogens with two attached hydrogens (primary N) is 1. The first-order valence-corrected chi connectivity index (χ1v) is 8.27. The van der Waals surface area contributed by atoms with E-state index in [4.69, 9.17) is 5.73 Å². The Morgan fingerprint density at radius 3 is 2.62 bits per heavy atom. The molecule has 0 bridgehead atoms. The van der Waals surface area contributed by atoms with E-state index in [1.807, 2.05) is 22.7 Å². The number of nitrogens with zero attached hydrogens (tertiary/aromatic N) is 6. The Kier molecular flexibility index (Phi) is 4.67. The minimum absolute atomic E-state index is 0.0610. The van der Waals surface area contributed by atoms with Crippen molar-refractivity contribution in [2.24, 2.45) is 7.05 Å². The van der Waals surface area contributed by atoms with Crippen molar-refractivity contribution in [3.63, 3.8) is 0 Å². The van der Waals surface area contributed by atoms with Crippen LogP contribution >= 0.6 is 15.9 Å². The van der Waals surface area contributed by atoms with Gasteiger partial charge in [0.15, 0.2) is 0 Å². The molecule has 1 saturated heterocycles. The normalized spacial score (nSPS) is 15.7. The average molecular weight is 396 g/mol. The molecule has 9 nitrogen and oxygen atoms in total. The maximum atomic E-state index is 11.4. The number of halogens is 1. The lowest BCUT2D eigenvalue weighted by Gasteiger charge is -2.35. The van der Waals surface area contributed by atoms with Crippen LogP contribution < -0.4 is 10.6 Å². The molecular weight excluding hydrogens is 378 g/mol. The van der Waals surface area contributed by atoms with Gasteiger partial charge in [-0.25, -0.2) is 9.97 Å². The number of imidazole rings is 1. The minimum atomic E-state index is -0.470. The number of nitrogen functional groups attached to an aromatic ring is 1. The van der Waals surface area contributed by atoms with Crippen LogP contribution in [0.3, 0.4) is 0 Å². The standard InChI is InChI=1S/C14H18BrN7O2/c1-19-7-10(18-9-19)8-20-2-4-21(5-3-20)12-11(15)6-17-14(16)13(12)22(23)24/h6-7,9H,2-5,8H2,1H3,(H2,16,17). The molecule has 2 aromatic rings. The number of aryl methyl sites for hydroxylation is 1. The summed E-state index contributed by atoms with van der Waals surface area (Å²) in [7, 11) is 1.94. The highest BCUT2D eigenvalue weighted by Gasteiger charge is 2.29. The number of hydrogen-bond donors (Lipinski definition) is 1. The Morgan fingerprint density at radius 1 is 1.33 bits per heavy atom. The maximum Gasteiger partial charge on any atom is 0.335 e. The topological polar surface area (TPSA) is 106 Å². The molecule has 0 aliphatic carbocycles. The van der Waals surface area contributed by atoms with Crippen LogP contribution in [0.15, 0.2) is 23.2 Å². The highest BCUT2D eigenvalue weighted by molar-refractivity contribution is 9.10. The minimum Gasteiger partial charge on any atom is -0.378 e. The summed E-state index contributed by atoms with van der Waals surface area (Å²) < 4.78 is 2.51. The molecule has 0 atom stereocenters. The molecule has 10 heteroatoms. The van der Waals surface area contributed by atoms with Gasteiger partial charge in [-0.1, -0.05) is 0 Å². The van der Waals surface area contributed by atoms with Gasteiger partial charge in [0.05, 0.1) is 21.4 Å². The largest absolute Gasteiger partial charge is 0.378 e. The van der Waals surface area contributed by atoms with E-state index in [1.165, 1.54) is 6.20 Å². The number of aromatic nitrogens is 3. The van der Waals surface area contributed by atoms with Crippen LogP contribution in [0, 0.1) is 10.1 Å². The smallest absolute Gasteiger partial charge is 0.335 e. The predicted octanol–water partition coefficient (Wildman–Crippen LogP) is 1.39. The quantitative estimate of drug-likeness (QED) is 0.615. The third-order valence-electron chi connectivity index (χ3n) is 4.03. The summed E-state index contributed by atoms with van der Waals surface area (Å²) in [5.41, 5.74) is 7.10. The molecule has 1 fully saturated rings. The summed E-state index contributed by atoms with van der Waals surface area (Å²) in [4.78, 5) is 23.4. The number of pyridine rings is 1. The fourth-order valence-electron chi connectivity index (χ4n) is 2.87. The van der Waals surface area contributed by atoms with Crippen LogP contribution in [0.5, 0.6) is 0 Å². The first kappa shape index (κ1) is 16.7. The SMILES string of the molecule is Cn1cnc(CN2CCN(c3c(Br)cnc(N)c3[N+](=O)[O-])CC2)c1. The molecule has 0 amide bonds. The van der Waals surface area contributed by atoms with Crippen molar-refractivity contribution in [3.8, 4) is 0 Å². The Labute approximate surface area is 147 Å². The van der Waals surface area contributed by atoms with Gasteiger partial charge in [-0.15, -0.1) is 0 Å². The first-order valence-electron chi connectivity index (χ1n) is 7.48. The fraction of sp³-hybridized carbons (Fsp3) is 0.429. The molecule has 0 radical (unpaired) electrons. The number of rotatable bonds is 4. The van der Waals surface area contributed by atoms with Crippen molar-refractivity contribution in [2.75, 3.05) is 36.8 Å². The van der Waals surface area contributed by atoms with E-state index >= 15 is 0 Å². The molecular formula is C14H18BrN7O2. The molecule has 1 aliphatic heterocycles. The van der Waals surface area contributed by atoms with E-state index in [9.17, 15) is 10.1 Å². The van der Waals surface area contributed by atoms with E-state index < -0.39 is 4.92 Å². The molecule has 2 aromatic heterocycles. The Hall–Kier alpha value is -2.20. The number of anilines is 2. The zero-order valence-corrected chi connectivity index (χ0v) is 14.8. The highest BCUT2D eigenvalue weighted by Crippen LogP contribution is 2.39. The van der Waals surface area contributed by atoms with Gasteiger partial charge in [0, 0.05) is 52.2 Å². The lowest BCUT2D eigenvalue weighted by atomic mass is 10.2. The third kappa shape index (κ3) is 3.34. The molecule has 0 saturated carbocycles. The van der Waals surface area contributed by atoms with Crippen molar-refractivity contribution >= 4 is 33.1 Å². The van der Waals surface area contributed by atoms with Crippen molar-refractivity contribution in [3.05, 3.63) is 39.0 Å². The monoisotopic (exact) mass is 395 g/mol. The molecule has 0 unspecified atom stereocenters. The second-order valence-corrected chi connectivity index (χ2v) is 6.59. The molecule has 2 N–H and O–H groups in total. The maximum absolute atomic E-state index is 11.4. The van der Waals surface area contributed by atoms with Crippen molar-refractivity contribution in [1.29, 1.82) is 0 Å². The van der Waals surface area contributed by atoms with Crippen molar-refractivity contribution < 1.29 is 4.92 Å². The molecule has 3 rings (SSSR count). The van der Waals surface area contributed by atoms with Crippen molar-refractivity contribution in [1.82, 2.24) is 19.4 Å². The predicted molar refractivity (Wildman–Crippen MR) is 93.7 cm³/mol. The van der Waals surface area contributed by atoms with Crippen LogP contribution in [-0.4, -0.2) is 50.5 Å². The summed E-state index contributed by atoms with van der Waals surface area (Å²) in [5.74, 6) is -0.0610. The zero-order valence-electron chi connectivity index (χ0n) is 13.2. The molecule has 128 valence electrons. The summed E-state index contributed by atoms with van der Waals surface area (Å²) in [6, 6.07) is 0. The van der Waals surface area contributed by atoms with Gasteiger partial charge >= 0.3 is 5.69 Å². The van der Waals surface area contributed by atoms with Gasteiger partial charge in [-0.05, 0) is 15.9 Å². The van der Waals surface area contributed by atoms with Crippen LogP contribution in [0.25, 0.3) is 0 Å². The summed E-state index contributed by atoms with van der Waals surface area (Å²) >= 11 is 3.37. The average Bonchev–Trinajstić information content (AvgIpc) is 2.95. The second-order valence-electron chi connectivity index (χ2n) is 5.74. The van der Waals surface area contributed by atoms with E-state index in [-0.39, 0.29) is 11.5 Å². The zero-order chi connectivity index (χ0) is 17.3. The van der Waals surface area contributed by atoms with Gasteiger partial charge < -0.3 is 15.2 Å². The summed E-state index contributed by atoms with van der Waals surface area (Å²) in [6.07, 6.45) is 5.29. The lowest BCUT2D eigenvalue weighted by Crippen LogP contribution is -2.46. The Morgan fingerprint density at radius 2 is 2.04 bits per heavy atom. The lowest BCUT2D eigenvalue weighted by molar-refractivity contribution is -0.383. The van der Waals surface area contributed by atoms with Crippen LogP contribution in [0.2, 0.25) is 0 Å². The van der Waals surface area contributed by atoms with Gasteiger partial charge in [0.2, 0.25) is 5.82 Å². The molecule has 1 aliphatic rings. The van der Waals surface area contributed by atoms with Crippen LogP contribution in [0.1, 0.15) is 5.69 Å². The summed E-state index contributed by atoms with van der Waals surface area (Å²) in [5, 5.41) is 11.4. The fourth-order valence-corrected chi connectivity index (χ4v) is 3.41. The molecule has 24 heavy (non-hydrogen) atoms. The Bertz CT molecular complexity index is 756. The van der Waals surface area contributed by atoms with Crippen LogP contribution in [0.4, 0.5) is 17.2 Å². The highest BCUT2D eigenvalue weighted by atomic mass is 79.9. The van der Waals surface area contributed by atoms with E-state index in [0.29, 0.717) is 23.2 Å². The Balaban J connectivity index is 1.73. The number of nitro groups is 1. The van der Waals surface area contributed by atoms with Gasteiger partial charge in [0.1, 0.15) is 5.69 Å². The number of piperazine rings is 1. The van der Waals surface area contributed by atoms with Gasteiger partial charge in [-0.3, -0.25) is 15.0 Å². The first-order chi connectivity index (χ1) is 11.5. The third-order valence-corrected chi connectivity index (χ3v) is 4.61. The second kappa shape index (κ2) is 6.73. The van der Waals surface area contributed by atoms with E-state index in [1.54, 1.807) is 6.33 Å². The molecule has 0 aromatic carbocycles. The van der Waals surface area contributed by atoms with Crippen molar-refractivity contribution in [2.45, 2.75) is 6.54 Å². The molecule has 3 heterocycles. The van der Waals surface area contributed by atoms with Gasteiger partial charge in [-0.2, -0.15) is 0 Å². The van der Waals surface area contributed by atoms with E-state index in [2.05, 4.69) is 30.8 Å². The van der Waals surface area contributed by atoms with E-state index in [0.717, 1.165) is 25.3 Å².